The normalized spacial score (nSPS) is 11.9. The van der Waals surface area contributed by atoms with Gasteiger partial charge < -0.3 is 11.1 Å². The topological polar surface area (TPSA) is 38.0 Å². The molecular formula is C18H22N2. The van der Waals surface area contributed by atoms with Crippen molar-refractivity contribution in [1.82, 2.24) is 0 Å². The molecule has 0 spiro atoms. The van der Waals surface area contributed by atoms with E-state index in [4.69, 9.17) is 5.73 Å². The Hall–Kier alpha value is -2.06. The number of nitrogens with two attached hydrogens (primary N) is 1. The smallest absolute Gasteiger partial charge is 0.0400 e. The van der Waals surface area contributed by atoms with E-state index in [2.05, 4.69) is 60.4 Å². The first kappa shape index (κ1) is 14.4. The molecule has 1 atom stereocenters. The fraction of sp³-hybridized carbons (Fsp3) is 0.222. The summed E-state index contributed by atoms with van der Waals surface area (Å²) < 4.78 is 0. The molecule has 2 rings (SSSR count). The van der Waals surface area contributed by atoms with Gasteiger partial charge >= 0.3 is 0 Å². The Labute approximate surface area is 121 Å². The molecule has 0 fully saturated rings. The highest BCUT2D eigenvalue weighted by atomic mass is 14.9. The molecule has 0 aliphatic carbocycles. The third kappa shape index (κ3) is 4.25. The molecule has 0 aliphatic heterocycles. The van der Waals surface area contributed by atoms with Crippen LogP contribution in [0.15, 0.2) is 66.7 Å². The average molecular weight is 266 g/mol. The van der Waals surface area contributed by atoms with Gasteiger partial charge in [0.1, 0.15) is 0 Å². The van der Waals surface area contributed by atoms with E-state index in [1.165, 1.54) is 5.56 Å². The van der Waals surface area contributed by atoms with Crippen molar-refractivity contribution in [3.63, 3.8) is 0 Å². The largest absolute Gasteiger partial charge is 0.381 e. The monoisotopic (exact) mass is 266 g/mol. The van der Waals surface area contributed by atoms with Gasteiger partial charge in [-0.15, -0.1) is 6.58 Å². The Kier molecular flexibility index (Phi) is 4.97. The van der Waals surface area contributed by atoms with Crippen molar-refractivity contribution in [2.45, 2.75) is 25.9 Å². The van der Waals surface area contributed by atoms with Crippen LogP contribution < -0.4 is 11.1 Å². The van der Waals surface area contributed by atoms with E-state index in [0.717, 1.165) is 29.8 Å². The minimum absolute atomic E-state index is 0.0377. The Morgan fingerprint density at radius 3 is 2.35 bits per heavy atom. The standard InChI is InChI=1S/C18H22N2/c1-14(2)12-18(19)16-8-10-17(11-9-16)20-13-15-6-4-3-5-7-15/h3-11,18,20H,1,12-13,19H2,2H3/t18-/m1/s1. The molecule has 0 saturated heterocycles. The Bertz CT molecular complexity index is 543. The van der Waals surface area contributed by atoms with Crippen LogP contribution in [0.2, 0.25) is 0 Å². The molecule has 104 valence electrons. The van der Waals surface area contributed by atoms with Crippen molar-refractivity contribution < 1.29 is 0 Å². The van der Waals surface area contributed by atoms with E-state index < -0.39 is 0 Å². The highest BCUT2D eigenvalue weighted by Crippen LogP contribution is 2.20. The van der Waals surface area contributed by atoms with E-state index >= 15 is 0 Å². The Morgan fingerprint density at radius 1 is 1.10 bits per heavy atom. The van der Waals surface area contributed by atoms with Crippen LogP contribution in [0, 0.1) is 0 Å². The molecule has 0 amide bonds. The number of benzene rings is 2. The molecule has 20 heavy (non-hydrogen) atoms. The van der Waals surface area contributed by atoms with Crippen molar-refractivity contribution in [3.05, 3.63) is 77.9 Å². The average Bonchev–Trinajstić information content (AvgIpc) is 2.46. The van der Waals surface area contributed by atoms with E-state index in [-0.39, 0.29) is 6.04 Å². The molecule has 3 N–H and O–H groups in total. The lowest BCUT2D eigenvalue weighted by Crippen LogP contribution is -2.10. The SMILES string of the molecule is C=C(C)C[C@@H](N)c1ccc(NCc2ccccc2)cc1. The molecule has 0 unspecified atom stereocenters. The van der Waals surface area contributed by atoms with Gasteiger partial charge in [-0.3, -0.25) is 0 Å². The van der Waals surface area contributed by atoms with Crippen molar-refractivity contribution in [2.75, 3.05) is 5.32 Å². The van der Waals surface area contributed by atoms with Crippen LogP contribution in [-0.4, -0.2) is 0 Å². The Balaban J connectivity index is 1.93. The molecule has 0 bridgehead atoms. The lowest BCUT2D eigenvalue weighted by molar-refractivity contribution is 0.717. The van der Waals surface area contributed by atoms with Crippen LogP contribution in [0.1, 0.15) is 30.5 Å². The number of nitrogens with one attached hydrogen (secondary N) is 1. The molecule has 2 aromatic carbocycles. The van der Waals surface area contributed by atoms with E-state index in [1.807, 2.05) is 13.0 Å². The van der Waals surface area contributed by atoms with Crippen LogP contribution in [0.25, 0.3) is 0 Å². The van der Waals surface area contributed by atoms with E-state index in [1.54, 1.807) is 0 Å². The summed E-state index contributed by atoms with van der Waals surface area (Å²) in [5.74, 6) is 0. The summed E-state index contributed by atoms with van der Waals surface area (Å²) in [6.07, 6.45) is 0.830. The molecule has 2 aromatic rings. The summed E-state index contributed by atoms with van der Waals surface area (Å²) in [5, 5.41) is 3.41. The van der Waals surface area contributed by atoms with Crippen LogP contribution in [0.5, 0.6) is 0 Å². The highest BCUT2D eigenvalue weighted by molar-refractivity contribution is 5.45. The first-order valence-electron chi connectivity index (χ1n) is 6.93. The maximum absolute atomic E-state index is 6.13. The van der Waals surface area contributed by atoms with Crippen LogP contribution in [0.3, 0.4) is 0 Å². The predicted molar refractivity (Wildman–Crippen MR) is 86.6 cm³/mol. The summed E-state index contributed by atoms with van der Waals surface area (Å²) in [6, 6.07) is 18.7. The number of hydrogen-bond acceptors (Lipinski definition) is 2. The fourth-order valence-electron chi connectivity index (χ4n) is 2.14. The summed E-state index contributed by atoms with van der Waals surface area (Å²) in [6.45, 7) is 6.75. The zero-order chi connectivity index (χ0) is 14.4. The van der Waals surface area contributed by atoms with Gasteiger partial charge in [0.2, 0.25) is 0 Å². The lowest BCUT2D eigenvalue weighted by atomic mass is 10.0. The summed E-state index contributed by atoms with van der Waals surface area (Å²) in [4.78, 5) is 0. The third-order valence-corrected chi connectivity index (χ3v) is 3.25. The lowest BCUT2D eigenvalue weighted by Gasteiger charge is -2.13. The molecular weight excluding hydrogens is 244 g/mol. The minimum Gasteiger partial charge on any atom is -0.381 e. The summed E-state index contributed by atoms with van der Waals surface area (Å²) in [5.41, 5.74) is 10.8. The molecule has 0 heterocycles. The van der Waals surface area contributed by atoms with Crippen LogP contribution in [0.4, 0.5) is 5.69 Å². The summed E-state index contributed by atoms with van der Waals surface area (Å²) >= 11 is 0. The van der Waals surface area contributed by atoms with Gasteiger partial charge in [0.15, 0.2) is 0 Å². The van der Waals surface area contributed by atoms with Gasteiger partial charge in [0, 0.05) is 18.3 Å². The first-order valence-corrected chi connectivity index (χ1v) is 6.93. The molecule has 2 heteroatoms. The van der Waals surface area contributed by atoms with Crippen LogP contribution >= 0.6 is 0 Å². The van der Waals surface area contributed by atoms with Crippen molar-refractivity contribution in [1.29, 1.82) is 0 Å². The van der Waals surface area contributed by atoms with Gasteiger partial charge in [-0.25, -0.2) is 0 Å². The van der Waals surface area contributed by atoms with Gasteiger partial charge in [-0.2, -0.15) is 0 Å². The van der Waals surface area contributed by atoms with Crippen LogP contribution in [-0.2, 0) is 6.54 Å². The predicted octanol–water partition coefficient (Wildman–Crippen LogP) is 4.26. The van der Waals surface area contributed by atoms with Gasteiger partial charge in [-0.1, -0.05) is 48.0 Å². The molecule has 2 nitrogen and oxygen atoms in total. The Morgan fingerprint density at radius 2 is 1.75 bits per heavy atom. The minimum atomic E-state index is 0.0377. The van der Waals surface area contributed by atoms with Crippen molar-refractivity contribution in [2.24, 2.45) is 5.73 Å². The number of rotatable bonds is 6. The quantitative estimate of drug-likeness (QED) is 0.766. The second-order valence-electron chi connectivity index (χ2n) is 5.23. The second-order valence-corrected chi connectivity index (χ2v) is 5.23. The van der Waals surface area contributed by atoms with E-state index in [0.29, 0.717) is 0 Å². The van der Waals surface area contributed by atoms with Crippen molar-refractivity contribution >= 4 is 5.69 Å². The fourth-order valence-corrected chi connectivity index (χ4v) is 2.14. The maximum Gasteiger partial charge on any atom is 0.0400 e. The van der Waals surface area contributed by atoms with Gasteiger partial charge in [-0.05, 0) is 36.6 Å². The van der Waals surface area contributed by atoms with Gasteiger partial charge in [0.25, 0.3) is 0 Å². The first-order chi connectivity index (χ1) is 9.65. The van der Waals surface area contributed by atoms with Gasteiger partial charge in [0.05, 0.1) is 0 Å². The van der Waals surface area contributed by atoms with E-state index in [9.17, 15) is 0 Å². The highest BCUT2D eigenvalue weighted by Gasteiger charge is 2.05. The third-order valence-electron chi connectivity index (χ3n) is 3.25. The molecule has 0 aromatic heterocycles. The molecule has 0 aliphatic rings. The number of anilines is 1. The van der Waals surface area contributed by atoms with Crippen molar-refractivity contribution in [3.8, 4) is 0 Å². The number of hydrogen-bond donors (Lipinski definition) is 2. The zero-order valence-electron chi connectivity index (χ0n) is 12.0. The molecule has 0 radical (unpaired) electrons. The second kappa shape index (κ2) is 6.92. The molecule has 0 saturated carbocycles. The maximum atomic E-state index is 6.13. The zero-order valence-corrected chi connectivity index (χ0v) is 12.0. The summed E-state index contributed by atoms with van der Waals surface area (Å²) in [7, 11) is 0.